The number of furan rings is 1. The second kappa shape index (κ2) is 11.3. The minimum Gasteiger partial charge on any atom is -0.459 e. The normalized spacial score (nSPS) is 14.0. The Hall–Kier alpha value is -1.29. The number of aliphatic imine (C=N–C) groups is 1. The van der Waals surface area contributed by atoms with E-state index in [0.29, 0.717) is 25.5 Å². The molecule has 0 atom stereocenters. The van der Waals surface area contributed by atoms with Gasteiger partial charge in [0.15, 0.2) is 11.7 Å². The standard InChI is InChI=1S/C16H26N4O3.HI/c1-17-16(20(2)9-11-22-12-13-5-6-13)19-8-7-18-15(21)14-4-3-10-23-14;/h3-4,10,13H,5-9,11-12H2,1-2H3,(H,17,19)(H,18,21);1H. The third kappa shape index (κ3) is 7.52. The fourth-order valence-electron chi connectivity index (χ4n) is 2.07. The number of likely N-dealkylation sites (N-methyl/N-ethyl adjacent to an activating group) is 1. The highest BCUT2D eigenvalue weighted by Crippen LogP contribution is 2.28. The van der Waals surface area contributed by atoms with Gasteiger partial charge in [0.25, 0.3) is 5.91 Å². The van der Waals surface area contributed by atoms with Gasteiger partial charge in [0.2, 0.25) is 0 Å². The minimum atomic E-state index is -0.214. The number of amides is 1. The number of hydrogen-bond donors (Lipinski definition) is 2. The molecule has 136 valence electrons. The van der Waals surface area contributed by atoms with Crippen LogP contribution in [0.2, 0.25) is 0 Å². The van der Waals surface area contributed by atoms with Crippen LogP contribution >= 0.6 is 24.0 Å². The van der Waals surface area contributed by atoms with Gasteiger partial charge in [-0.1, -0.05) is 0 Å². The maximum absolute atomic E-state index is 11.7. The van der Waals surface area contributed by atoms with E-state index in [0.717, 1.165) is 25.0 Å². The Labute approximate surface area is 160 Å². The number of nitrogens with one attached hydrogen (secondary N) is 2. The van der Waals surface area contributed by atoms with Crippen molar-refractivity contribution >= 4 is 35.8 Å². The lowest BCUT2D eigenvalue weighted by atomic mass is 10.4. The van der Waals surface area contributed by atoms with E-state index in [1.165, 1.54) is 19.1 Å². The van der Waals surface area contributed by atoms with Crippen molar-refractivity contribution in [1.29, 1.82) is 0 Å². The van der Waals surface area contributed by atoms with Crippen molar-refractivity contribution in [2.24, 2.45) is 10.9 Å². The monoisotopic (exact) mass is 450 g/mol. The molecule has 0 spiro atoms. The van der Waals surface area contributed by atoms with Crippen molar-refractivity contribution in [1.82, 2.24) is 15.5 Å². The number of halogens is 1. The molecule has 0 bridgehead atoms. The quantitative estimate of drug-likeness (QED) is 0.259. The lowest BCUT2D eigenvalue weighted by Crippen LogP contribution is -2.43. The third-order valence-electron chi connectivity index (χ3n) is 3.63. The molecule has 1 aliphatic rings. The van der Waals surface area contributed by atoms with Gasteiger partial charge in [0.05, 0.1) is 12.9 Å². The first-order valence-corrected chi connectivity index (χ1v) is 8.02. The molecule has 2 N–H and O–H groups in total. The van der Waals surface area contributed by atoms with Gasteiger partial charge < -0.3 is 24.7 Å². The van der Waals surface area contributed by atoms with Crippen LogP contribution < -0.4 is 10.6 Å². The van der Waals surface area contributed by atoms with E-state index in [1.807, 2.05) is 11.9 Å². The van der Waals surface area contributed by atoms with Crippen LogP contribution in [0.3, 0.4) is 0 Å². The molecule has 1 amide bonds. The van der Waals surface area contributed by atoms with Crippen molar-refractivity contribution in [2.75, 3.05) is 46.9 Å². The van der Waals surface area contributed by atoms with Gasteiger partial charge >= 0.3 is 0 Å². The Morgan fingerprint density at radius 3 is 2.79 bits per heavy atom. The summed E-state index contributed by atoms with van der Waals surface area (Å²) in [5, 5.41) is 5.99. The lowest BCUT2D eigenvalue weighted by molar-refractivity contribution is 0.0926. The van der Waals surface area contributed by atoms with Crippen molar-refractivity contribution in [3.8, 4) is 0 Å². The van der Waals surface area contributed by atoms with Gasteiger partial charge in [-0.3, -0.25) is 9.79 Å². The molecule has 1 saturated carbocycles. The number of nitrogens with zero attached hydrogens (tertiary/aromatic N) is 2. The van der Waals surface area contributed by atoms with E-state index >= 15 is 0 Å². The van der Waals surface area contributed by atoms with Crippen LogP contribution in [-0.4, -0.2) is 63.7 Å². The van der Waals surface area contributed by atoms with E-state index in [2.05, 4.69) is 15.6 Å². The maximum Gasteiger partial charge on any atom is 0.287 e. The predicted molar refractivity (Wildman–Crippen MR) is 104 cm³/mol. The second-order valence-electron chi connectivity index (χ2n) is 5.65. The number of carbonyl (C=O) groups is 1. The first-order chi connectivity index (χ1) is 11.2. The van der Waals surface area contributed by atoms with Gasteiger partial charge in [-0.15, -0.1) is 24.0 Å². The number of carbonyl (C=O) groups excluding carboxylic acids is 1. The van der Waals surface area contributed by atoms with E-state index < -0.39 is 0 Å². The topological polar surface area (TPSA) is 79.1 Å². The van der Waals surface area contributed by atoms with E-state index in [9.17, 15) is 4.79 Å². The van der Waals surface area contributed by atoms with Crippen molar-refractivity contribution < 1.29 is 13.9 Å². The largest absolute Gasteiger partial charge is 0.459 e. The molecule has 1 aromatic heterocycles. The number of ether oxygens (including phenoxy) is 1. The van der Waals surface area contributed by atoms with Crippen LogP contribution in [0.5, 0.6) is 0 Å². The van der Waals surface area contributed by atoms with Gasteiger partial charge in [0, 0.05) is 40.3 Å². The van der Waals surface area contributed by atoms with Gasteiger partial charge in [-0.25, -0.2) is 0 Å². The average Bonchev–Trinajstić information content (AvgIpc) is 3.21. The van der Waals surface area contributed by atoms with Crippen LogP contribution in [0.1, 0.15) is 23.4 Å². The van der Waals surface area contributed by atoms with Crippen molar-refractivity contribution in [3.63, 3.8) is 0 Å². The molecule has 1 aromatic rings. The Kier molecular flexibility index (Phi) is 9.77. The smallest absolute Gasteiger partial charge is 0.287 e. The molecule has 1 heterocycles. The molecule has 1 aliphatic carbocycles. The first kappa shape index (κ1) is 20.8. The molecule has 0 saturated heterocycles. The summed E-state index contributed by atoms with van der Waals surface area (Å²) in [6.07, 6.45) is 4.10. The zero-order valence-corrected chi connectivity index (χ0v) is 16.6. The summed E-state index contributed by atoms with van der Waals surface area (Å²) in [5.74, 6) is 1.68. The fraction of sp³-hybridized carbons (Fsp3) is 0.625. The Balaban J connectivity index is 0.00000288. The predicted octanol–water partition coefficient (Wildman–Crippen LogP) is 1.56. The maximum atomic E-state index is 11.7. The summed E-state index contributed by atoms with van der Waals surface area (Å²) in [5.41, 5.74) is 0. The Morgan fingerprint density at radius 2 is 2.17 bits per heavy atom. The summed E-state index contributed by atoms with van der Waals surface area (Å²) >= 11 is 0. The highest BCUT2D eigenvalue weighted by atomic mass is 127. The summed E-state index contributed by atoms with van der Waals surface area (Å²) in [7, 11) is 3.71. The molecule has 0 aliphatic heterocycles. The molecule has 24 heavy (non-hydrogen) atoms. The number of hydrogen-bond acceptors (Lipinski definition) is 4. The third-order valence-corrected chi connectivity index (χ3v) is 3.63. The van der Waals surface area contributed by atoms with Crippen molar-refractivity contribution in [2.45, 2.75) is 12.8 Å². The van der Waals surface area contributed by atoms with Crippen LogP contribution in [0, 0.1) is 5.92 Å². The minimum absolute atomic E-state index is 0. The first-order valence-electron chi connectivity index (χ1n) is 8.02. The molecule has 0 unspecified atom stereocenters. The van der Waals surface area contributed by atoms with Crippen molar-refractivity contribution in [3.05, 3.63) is 24.2 Å². The van der Waals surface area contributed by atoms with E-state index in [1.54, 1.807) is 19.2 Å². The van der Waals surface area contributed by atoms with Gasteiger partial charge in [-0.2, -0.15) is 0 Å². The Morgan fingerprint density at radius 1 is 1.42 bits per heavy atom. The summed E-state index contributed by atoms with van der Waals surface area (Å²) < 4.78 is 10.7. The highest BCUT2D eigenvalue weighted by molar-refractivity contribution is 14.0. The zero-order valence-electron chi connectivity index (χ0n) is 14.3. The number of rotatable bonds is 9. The molecule has 7 nitrogen and oxygen atoms in total. The summed E-state index contributed by atoms with van der Waals surface area (Å²) in [6, 6.07) is 3.33. The molecular formula is C16H27IN4O3. The summed E-state index contributed by atoms with van der Waals surface area (Å²) in [6.45, 7) is 3.43. The molecule has 1 fully saturated rings. The lowest BCUT2D eigenvalue weighted by Gasteiger charge is -2.22. The molecule has 8 heteroatoms. The molecule has 2 rings (SSSR count). The molecule has 0 radical (unpaired) electrons. The SMILES string of the molecule is CN=C(NCCNC(=O)c1ccco1)N(C)CCOCC1CC1.I. The highest BCUT2D eigenvalue weighted by Gasteiger charge is 2.21. The zero-order chi connectivity index (χ0) is 16.5. The van der Waals surface area contributed by atoms with Gasteiger partial charge in [-0.05, 0) is 30.9 Å². The average molecular weight is 450 g/mol. The molecular weight excluding hydrogens is 423 g/mol. The molecule has 0 aromatic carbocycles. The van der Waals surface area contributed by atoms with Crippen LogP contribution in [0.15, 0.2) is 27.8 Å². The van der Waals surface area contributed by atoms with Crippen LogP contribution in [0.25, 0.3) is 0 Å². The van der Waals surface area contributed by atoms with Crippen LogP contribution in [0.4, 0.5) is 0 Å². The fourth-order valence-corrected chi connectivity index (χ4v) is 2.07. The van der Waals surface area contributed by atoms with E-state index in [-0.39, 0.29) is 29.9 Å². The van der Waals surface area contributed by atoms with Gasteiger partial charge in [0.1, 0.15) is 0 Å². The Bertz CT molecular complexity index is 503. The van der Waals surface area contributed by atoms with Crippen LogP contribution in [-0.2, 0) is 4.74 Å². The second-order valence-corrected chi connectivity index (χ2v) is 5.65. The number of guanidine groups is 1. The van der Waals surface area contributed by atoms with E-state index in [4.69, 9.17) is 9.15 Å². The summed E-state index contributed by atoms with van der Waals surface area (Å²) in [4.78, 5) is 17.9.